The van der Waals surface area contributed by atoms with E-state index in [0.29, 0.717) is 25.9 Å². The van der Waals surface area contributed by atoms with Crippen molar-refractivity contribution in [3.8, 4) is 0 Å². The molecule has 1 aromatic carbocycles. The molecule has 1 rings (SSSR count). The van der Waals surface area contributed by atoms with E-state index in [-0.39, 0.29) is 12.7 Å². The molecule has 0 aliphatic heterocycles. The third-order valence-electron chi connectivity index (χ3n) is 3.07. The molecule has 0 amide bonds. The lowest BCUT2D eigenvalue weighted by Gasteiger charge is -2.23. The van der Waals surface area contributed by atoms with Crippen molar-refractivity contribution in [1.82, 2.24) is 0 Å². The van der Waals surface area contributed by atoms with Crippen LogP contribution in [0.3, 0.4) is 0 Å². The number of hydrogen-bond acceptors (Lipinski definition) is 5. The first-order valence-electron chi connectivity index (χ1n) is 7.07. The summed E-state index contributed by atoms with van der Waals surface area (Å²) < 4.78 is 33.5. The summed E-state index contributed by atoms with van der Waals surface area (Å²) in [6.07, 6.45) is 2.00. The van der Waals surface area contributed by atoms with Crippen LogP contribution in [0.2, 0.25) is 0 Å². The number of hydrogen-bond donors (Lipinski definition) is 1. The summed E-state index contributed by atoms with van der Waals surface area (Å²) in [5.74, 6) is 0. The van der Waals surface area contributed by atoms with Crippen molar-refractivity contribution in [2.75, 3.05) is 12.9 Å². The van der Waals surface area contributed by atoms with Gasteiger partial charge < -0.3 is 9.84 Å². The van der Waals surface area contributed by atoms with Crippen LogP contribution in [0.4, 0.5) is 0 Å². The Morgan fingerprint density at radius 1 is 1.19 bits per heavy atom. The number of ether oxygens (including phenoxy) is 1. The van der Waals surface area contributed by atoms with Crippen LogP contribution in [0.1, 0.15) is 31.7 Å². The van der Waals surface area contributed by atoms with Gasteiger partial charge in [-0.1, -0.05) is 30.3 Å². The fourth-order valence-electron chi connectivity index (χ4n) is 1.95. The Morgan fingerprint density at radius 2 is 1.86 bits per heavy atom. The molecule has 1 aromatic rings. The number of aliphatic hydroxyl groups is 1. The maximum atomic E-state index is 11.3. The van der Waals surface area contributed by atoms with Crippen molar-refractivity contribution in [3.63, 3.8) is 0 Å². The topological polar surface area (TPSA) is 72.8 Å². The van der Waals surface area contributed by atoms with Gasteiger partial charge in [-0.25, -0.2) is 0 Å². The highest BCUT2D eigenvalue weighted by molar-refractivity contribution is 7.86. The van der Waals surface area contributed by atoms with Gasteiger partial charge in [0.05, 0.1) is 19.0 Å². The van der Waals surface area contributed by atoms with Crippen molar-refractivity contribution in [1.29, 1.82) is 0 Å². The Balaban J connectivity index is 2.54. The fraction of sp³-hybridized carbons (Fsp3) is 0.600. The number of aliphatic hydroxyl groups excluding tert-OH is 1. The van der Waals surface area contributed by atoms with E-state index in [1.165, 1.54) is 0 Å². The van der Waals surface area contributed by atoms with Gasteiger partial charge in [-0.15, -0.1) is 0 Å². The summed E-state index contributed by atoms with van der Waals surface area (Å²) in [5.41, 5.74) is 1.03. The molecular weight excluding hydrogens is 292 g/mol. The van der Waals surface area contributed by atoms with Crippen molar-refractivity contribution in [2.45, 2.75) is 45.0 Å². The monoisotopic (exact) mass is 316 g/mol. The second-order valence-corrected chi connectivity index (χ2v) is 6.66. The summed E-state index contributed by atoms with van der Waals surface area (Å²) in [6.45, 7) is 2.30. The van der Waals surface area contributed by atoms with Crippen molar-refractivity contribution in [3.05, 3.63) is 35.9 Å². The molecule has 6 heteroatoms. The lowest BCUT2D eigenvalue weighted by molar-refractivity contribution is -0.0251. The number of benzene rings is 1. The summed E-state index contributed by atoms with van der Waals surface area (Å²) in [4.78, 5) is 0. The molecule has 0 aromatic heterocycles. The second kappa shape index (κ2) is 9.15. The van der Waals surface area contributed by atoms with Gasteiger partial charge in [0.2, 0.25) is 0 Å². The zero-order chi connectivity index (χ0) is 15.7. The molecule has 5 nitrogen and oxygen atoms in total. The molecule has 120 valence electrons. The standard InChI is InChI=1S/C15H24O5S/c1-13(19-12-14-8-4-3-5-9-14)15(10-6-7-11-16)20-21(2,17)18/h3-5,8-9,13,15-16H,6-7,10-12H2,1-2H3/t13-,15-/m0/s1. The number of rotatable bonds is 10. The minimum Gasteiger partial charge on any atom is -0.396 e. The maximum Gasteiger partial charge on any atom is 0.264 e. The quantitative estimate of drug-likeness (QED) is 0.528. The molecule has 2 atom stereocenters. The first-order chi connectivity index (χ1) is 9.92. The Hall–Kier alpha value is -0.950. The predicted molar refractivity (Wildman–Crippen MR) is 81.3 cm³/mol. The smallest absolute Gasteiger partial charge is 0.264 e. The molecule has 21 heavy (non-hydrogen) atoms. The van der Waals surface area contributed by atoms with E-state index in [9.17, 15) is 8.42 Å². The molecule has 0 unspecified atom stereocenters. The Morgan fingerprint density at radius 3 is 2.43 bits per heavy atom. The van der Waals surface area contributed by atoms with Gasteiger partial charge in [-0.2, -0.15) is 8.42 Å². The lowest BCUT2D eigenvalue weighted by atomic mass is 10.1. The Labute approximate surface area is 127 Å². The molecular formula is C15H24O5S. The van der Waals surface area contributed by atoms with Crippen molar-refractivity contribution >= 4 is 10.1 Å². The van der Waals surface area contributed by atoms with E-state index in [4.69, 9.17) is 14.0 Å². The second-order valence-electron chi connectivity index (χ2n) is 5.06. The Bertz CT molecular complexity index is 486. The van der Waals surface area contributed by atoms with E-state index < -0.39 is 16.2 Å². The minimum atomic E-state index is -3.53. The molecule has 0 aliphatic carbocycles. The van der Waals surface area contributed by atoms with Crippen LogP contribution in [0.5, 0.6) is 0 Å². The Kier molecular flexibility index (Phi) is 7.88. The van der Waals surface area contributed by atoms with Gasteiger partial charge in [0.15, 0.2) is 0 Å². The molecule has 0 saturated carbocycles. The molecule has 1 N–H and O–H groups in total. The van der Waals surface area contributed by atoms with Gasteiger partial charge in [0.25, 0.3) is 10.1 Å². The van der Waals surface area contributed by atoms with E-state index in [1.54, 1.807) is 6.92 Å². The van der Waals surface area contributed by atoms with Crippen LogP contribution >= 0.6 is 0 Å². The van der Waals surface area contributed by atoms with E-state index in [1.807, 2.05) is 30.3 Å². The van der Waals surface area contributed by atoms with Crippen molar-refractivity contribution in [2.24, 2.45) is 0 Å². The van der Waals surface area contributed by atoms with Crippen LogP contribution < -0.4 is 0 Å². The lowest BCUT2D eigenvalue weighted by Crippen LogP contribution is -2.31. The van der Waals surface area contributed by atoms with Gasteiger partial charge >= 0.3 is 0 Å². The zero-order valence-electron chi connectivity index (χ0n) is 12.6. The van der Waals surface area contributed by atoms with Crippen LogP contribution in [-0.2, 0) is 25.6 Å². The van der Waals surface area contributed by atoms with Crippen LogP contribution in [0, 0.1) is 0 Å². The highest BCUT2D eigenvalue weighted by atomic mass is 32.2. The first kappa shape index (κ1) is 18.1. The van der Waals surface area contributed by atoms with E-state index >= 15 is 0 Å². The molecule has 0 heterocycles. The van der Waals surface area contributed by atoms with Crippen LogP contribution in [0.15, 0.2) is 30.3 Å². The van der Waals surface area contributed by atoms with Gasteiger partial charge in [-0.3, -0.25) is 4.18 Å². The normalized spacial score (nSPS) is 14.8. The maximum absolute atomic E-state index is 11.3. The molecule has 0 spiro atoms. The SMILES string of the molecule is C[C@H](OCc1ccccc1)[C@H](CCCCO)OS(C)(=O)=O. The fourth-order valence-corrected chi connectivity index (χ4v) is 2.65. The zero-order valence-corrected chi connectivity index (χ0v) is 13.4. The molecule has 0 bridgehead atoms. The summed E-state index contributed by atoms with van der Waals surface area (Å²) in [5, 5.41) is 8.81. The third kappa shape index (κ3) is 8.16. The highest BCUT2D eigenvalue weighted by Gasteiger charge is 2.22. The van der Waals surface area contributed by atoms with E-state index in [2.05, 4.69) is 0 Å². The predicted octanol–water partition coefficient (Wildman–Crippen LogP) is 2.10. The van der Waals surface area contributed by atoms with Crippen molar-refractivity contribution < 1.29 is 22.4 Å². The average molecular weight is 316 g/mol. The third-order valence-corrected chi connectivity index (χ3v) is 3.67. The largest absolute Gasteiger partial charge is 0.396 e. The number of unbranched alkanes of at least 4 members (excludes halogenated alkanes) is 1. The summed E-state index contributed by atoms with van der Waals surface area (Å²) >= 11 is 0. The molecule has 0 aliphatic rings. The van der Waals surface area contributed by atoms with Crippen LogP contribution in [-0.4, -0.2) is 38.6 Å². The first-order valence-corrected chi connectivity index (χ1v) is 8.88. The van der Waals surface area contributed by atoms with Gasteiger partial charge in [0.1, 0.15) is 6.10 Å². The summed E-state index contributed by atoms with van der Waals surface area (Å²) in [7, 11) is -3.53. The molecule has 0 saturated heterocycles. The average Bonchev–Trinajstić information content (AvgIpc) is 2.44. The minimum absolute atomic E-state index is 0.0881. The van der Waals surface area contributed by atoms with Gasteiger partial charge in [-0.05, 0) is 31.7 Å². The van der Waals surface area contributed by atoms with Gasteiger partial charge in [0, 0.05) is 6.61 Å². The highest BCUT2D eigenvalue weighted by Crippen LogP contribution is 2.16. The van der Waals surface area contributed by atoms with E-state index in [0.717, 1.165) is 11.8 Å². The molecule has 0 radical (unpaired) electrons. The molecule has 0 fully saturated rings. The van der Waals surface area contributed by atoms with Crippen LogP contribution in [0.25, 0.3) is 0 Å². The summed E-state index contributed by atoms with van der Waals surface area (Å²) in [6, 6.07) is 9.68.